The molecule has 1 aliphatic rings. The highest BCUT2D eigenvalue weighted by molar-refractivity contribution is 5.60. The average Bonchev–Trinajstić information content (AvgIpc) is 2.66. The second kappa shape index (κ2) is 9.38. The number of hydrogen-bond donors (Lipinski definition) is 2. The summed E-state index contributed by atoms with van der Waals surface area (Å²) in [4.78, 5) is 10.9. The third-order valence-corrected chi connectivity index (χ3v) is 4.46. The zero-order valence-corrected chi connectivity index (χ0v) is 16.1. The van der Waals surface area contributed by atoms with E-state index in [0.29, 0.717) is 30.2 Å². The van der Waals surface area contributed by atoms with E-state index in [1.165, 1.54) is 0 Å². The molecule has 1 aromatic carbocycles. The molecule has 0 bridgehead atoms. The highest BCUT2D eigenvalue weighted by Crippen LogP contribution is 2.31. The van der Waals surface area contributed by atoms with Crippen LogP contribution >= 0.6 is 0 Å². The number of methoxy groups -OCH3 is 2. The van der Waals surface area contributed by atoms with Gasteiger partial charge in [-0.15, -0.1) is 0 Å². The third kappa shape index (κ3) is 5.21. The molecule has 1 aliphatic heterocycles. The third-order valence-electron chi connectivity index (χ3n) is 4.46. The van der Waals surface area contributed by atoms with Gasteiger partial charge in [0.25, 0.3) is 0 Å². The predicted molar refractivity (Wildman–Crippen MR) is 105 cm³/mol. The first-order chi connectivity index (χ1) is 13.2. The zero-order chi connectivity index (χ0) is 19.1. The van der Waals surface area contributed by atoms with Crippen LogP contribution in [-0.2, 0) is 4.74 Å². The van der Waals surface area contributed by atoms with Crippen molar-refractivity contribution in [2.75, 3.05) is 58.1 Å². The number of rotatable bonds is 10. The summed E-state index contributed by atoms with van der Waals surface area (Å²) in [5.74, 6) is 2.67. The fraction of sp³-hybridized carbons (Fsp3) is 0.474. The van der Waals surface area contributed by atoms with Crippen molar-refractivity contribution in [2.24, 2.45) is 0 Å². The molecule has 1 aromatic heterocycles. The Morgan fingerprint density at radius 1 is 1.19 bits per heavy atom. The Kier molecular flexibility index (Phi) is 6.67. The number of hydrogen-bond acceptors (Lipinski definition) is 8. The van der Waals surface area contributed by atoms with Crippen molar-refractivity contribution < 1.29 is 14.2 Å². The van der Waals surface area contributed by atoms with E-state index in [2.05, 4.69) is 25.5 Å². The lowest BCUT2D eigenvalue weighted by Crippen LogP contribution is -2.51. The summed E-state index contributed by atoms with van der Waals surface area (Å²) in [5.41, 5.74) is 0.838. The van der Waals surface area contributed by atoms with Gasteiger partial charge < -0.3 is 24.8 Å². The Labute approximate surface area is 159 Å². The molecule has 2 heterocycles. The Bertz CT molecular complexity index is 737. The van der Waals surface area contributed by atoms with Crippen LogP contribution in [0, 0.1) is 0 Å². The summed E-state index contributed by atoms with van der Waals surface area (Å²) in [6.07, 6.45) is 3.04. The largest absolute Gasteiger partial charge is 0.493 e. The molecule has 0 aliphatic carbocycles. The van der Waals surface area contributed by atoms with Crippen molar-refractivity contribution in [1.29, 1.82) is 0 Å². The summed E-state index contributed by atoms with van der Waals surface area (Å²) < 4.78 is 16.6. The Morgan fingerprint density at radius 3 is 2.78 bits per heavy atom. The van der Waals surface area contributed by atoms with Crippen molar-refractivity contribution in [3.8, 4) is 11.5 Å². The highest BCUT2D eigenvalue weighted by atomic mass is 16.5. The standard InChI is InChI=1S/C19H27N5O3/c1-20-18-7-8-21-19(23-18)22-14-5-6-16(26-3)17(11-14)27-10-4-9-24-12-15(13-24)25-2/h5-8,11,15H,4,9-10,12-13H2,1-3H3,(H2,20,21,22,23). The molecule has 1 saturated heterocycles. The van der Waals surface area contributed by atoms with Crippen molar-refractivity contribution >= 4 is 17.5 Å². The molecule has 0 spiro atoms. The first-order valence-corrected chi connectivity index (χ1v) is 9.05. The molecule has 8 heteroatoms. The molecule has 0 saturated carbocycles. The van der Waals surface area contributed by atoms with Gasteiger partial charge in [0.1, 0.15) is 5.82 Å². The lowest BCUT2D eigenvalue weighted by molar-refractivity contribution is -0.0306. The van der Waals surface area contributed by atoms with Crippen molar-refractivity contribution in [1.82, 2.24) is 14.9 Å². The normalized spacial score (nSPS) is 14.5. The number of nitrogens with zero attached hydrogens (tertiary/aromatic N) is 3. The van der Waals surface area contributed by atoms with Crippen LogP contribution in [0.2, 0.25) is 0 Å². The SMILES string of the molecule is CNc1ccnc(Nc2ccc(OC)c(OCCCN3CC(OC)C3)c2)n1. The number of ether oxygens (including phenoxy) is 3. The summed E-state index contributed by atoms with van der Waals surface area (Å²) in [7, 11) is 5.22. The smallest absolute Gasteiger partial charge is 0.229 e. The van der Waals surface area contributed by atoms with Crippen LogP contribution < -0.4 is 20.1 Å². The maximum absolute atomic E-state index is 5.95. The summed E-state index contributed by atoms with van der Waals surface area (Å²) in [6, 6.07) is 7.49. The predicted octanol–water partition coefficient (Wildman–Crippen LogP) is 2.37. The molecule has 0 unspecified atom stereocenters. The monoisotopic (exact) mass is 373 g/mol. The van der Waals surface area contributed by atoms with Gasteiger partial charge in [0.05, 0.1) is 19.8 Å². The van der Waals surface area contributed by atoms with Crippen molar-refractivity contribution in [2.45, 2.75) is 12.5 Å². The molecule has 3 rings (SSSR count). The maximum Gasteiger partial charge on any atom is 0.229 e. The Morgan fingerprint density at radius 2 is 2.04 bits per heavy atom. The summed E-state index contributed by atoms with van der Waals surface area (Å²) >= 11 is 0. The molecule has 8 nitrogen and oxygen atoms in total. The van der Waals surface area contributed by atoms with Gasteiger partial charge in [-0.25, -0.2) is 4.98 Å². The van der Waals surface area contributed by atoms with E-state index in [1.54, 1.807) is 26.5 Å². The quantitative estimate of drug-likeness (QED) is 0.615. The topological polar surface area (TPSA) is 80.8 Å². The van der Waals surface area contributed by atoms with Crippen LogP contribution in [-0.4, -0.2) is 68.5 Å². The van der Waals surface area contributed by atoms with E-state index in [4.69, 9.17) is 14.2 Å². The fourth-order valence-electron chi connectivity index (χ4n) is 2.88. The van der Waals surface area contributed by atoms with Gasteiger partial charge >= 0.3 is 0 Å². The van der Waals surface area contributed by atoms with Crippen molar-refractivity contribution in [3.63, 3.8) is 0 Å². The molecule has 2 N–H and O–H groups in total. The van der Waals surface area contributed by atoms with Gasteiger partial charge in [0, 0.05) is 51.7 Å². The second-order valence-electron chi connectivity index (χ2n) is 6.33. The van der Waals surface area contributed by atoms with Crippen LogP contribution in [0.15, 0.2) is 30.5 Å². The number of likely N-dealkylation sites (tertiary alicyclic amines) is 1. The fourth-order valence-corrected chi connectivity index (χ4v) is 2.88. The molecular weight excluding hydrogens is 346 g/mol. The van der Waals surface area contributed by atoms with Crippen LogP contribution in [0.4, 0.5) is 17.5 Å². The molecule has 0 radical (unpaired) electrons. The van der Waals surface area contributed by atoms with E-state index in [0.717, 1.165) is 37.6 Å². The lowest BCUT2D eigenvalue weighted by atomic mass is 10.1. The average molecular weight is 373 g/mol. The molecule has 146 valence electrons. The first kappa shape index (κ1) is 19.2. The van der Waals surface area contributed by atoms with Crippen molar-refractivity contribution in [3.05, 3.63) is 30.5 Å². The van der Waals surface area contributed by atoms with E-state index in [1.807, 2.05) is 25.2 Å². The van der Waals surface area contributed by atoms with E-state index < -0.39 is 0 Å². The minimum Gasteiger partial charge on any atom is -0.493 e. The number of benzene rings is 1. The summed E-state index contributed by atoms with van der Waals surface area (Å²) in [5, 5.41) is 6.18. The minimum atomic E-state index is 0.386. The van der Waals surface area contributed by atoms with Crippen LogP contribution in [0.3, 0.4) is 0 Å². The number of nitrogens with one attached hydrogen (secondary N) is 2. The summed E-state index contributed by atoms with van der Waals surface area (Å²) in [6.45, 7) is 3.64. The lowest BCUT2D eigenvalue weighted by Gasteiger charge is -2.38. The Balaban J connectivity index is 1.54. The van der Waals surface area contributed by atoms with Gasteiger partial charge in [0.2, 0.25) is 5.95 Å². The molecule has 27 heavy (non-hydrogen) atoms. The second-order valence-corrected chi connectivity index (χ2v) is 6.33. The van der Waals surface area contributed by atoms with E-state index >= 15 is 0 Å². The van der Waals surface area contributed by atoms with Crippen LogP contribution in [0.25, 0.3) is 0 Å². The van der Waals surface area contributed by atoms with Gasteiger partial charge in [-0.05, 0) is 24.6 Å². The molecule has 1 fully saturated rings. The molecular formula is C19H27N5O3. The van der Waals surface area contributed by atoms with E-state index in [9.17, 15) is 0 Å². The zero-order valence-electron chi connectivity index (χ0n) is 16.1. The number of anilines is 3. The van der Waals surface area contributed by atoms with Gasteiger partial charge in [-0.2, -0.15) is 4.98 Å². The van der Waals surface area contributed by atoms with Crippen LogP contribution in [0.5, 0.6) is 11.5 Å². The van der Waals surface area contributed by atoms with E-state index in [-0.39, 0.29) is 0 Å². The molecule has 0 atom stereocenters. The van der Waals surface area contributed by atoms with Gasteiger partial charge in [-0.3, -0.25) is 4.90 Å². The van der Waals surface area contributed by atoms with Gasteiger partial charge in [0.15, 0.2) is 11.5 Å². The highest BCUT2D eigenvalue weighted by Gasteiger charge is 2.25. The minimum absolute atomic E-state index is 0.386. The van der Waals surface area contributed by atoms with Gasteiger partial charge in [-0.1, -0.05) is 0 Å². The first-order valence-electron chi connectivity index (χ1n) is 9.05. The molecule has 0 amide bonds. The molecule has 2 aromatic rings. The maximum atomic E-state index is 5.95. The number of aromatic nitrogens is 2. The van der Waals surface area contributed by atoms with Crippen LogP contribution in [0.1, 0.15) is 6.42 Å². The Hall–Kier alpha value is -2.58.